The summed E-state index contributed by atoms with van der Waals surface area (Å²) in [7, 11) is 0. The number of hydrogen-bond acceptors (Lipinski definition) is 1. The molecule has 0 aliphatic carbocycles. The molecule has 0 bridgehead atoms. The highest BCUT2D eigenvalue weighted by Crippen LogP contribution is 2.26. The summed E-state index contributed by atoms with van der Waals surface area (Å²) in [5, 5.41) is 0.499. The largest absolute Gasteiger partial charge is 0.338 e. The first-order valence-electron chi connectivity index (χ1n) is 6.42. The third-order valence-electron chi connectivity index (χ3n) is 3.49. The molecule has 5 heteroatoms. The fourth-order valence-corrected chi connectivity index (χ4v) is 3.54. The predicted octanol–water partition coefficient (Wildman–Crippen LogP) is 4.58. The molecule has 2 rings (SSSR count). The number of halogens is 3. The summed E-state index contributed by atoms with van der Waals surface area (Å²) in [6.45, 7) is 1.60. The van der Waals surface area contributed by atoms with Crippen LogP contribution in [0.1, 0.15) is 29.6 Å². The zero-order valence-electron chi connectivity index (χ0n) is 10.5. The number of nitrogens with zero attached hydrogens (tertiary/aromatic N) is 1. The second-order valence-electron chi connectivity index (χ2n) is 4.86. The van der Waals surface area contributed by atoms with E-state index in [1.54, 1.807) is 12.1 Å². The van der Waals surface area contributed by atoms with Gasteiger partial charge >= 0.3 is 0 Å². The minimum Gasteiger partial charge on any atom is -0.338 e. The highest BCUT2D eigenvalue weighted by molar-refractivity contribution is 9.10. The first-order valence-corrected chi connectivity index (χ1v) is 8.12. The fourth-order valence-electron chi connectivity index (χ4n) is 2.47. The molecule has 0 saturated carbocycles. The number of hydrogen-bond donors (Lipinski definition) is 0. The van der Waals surface area contributed by atoms with E-state index < -0.39 is 0 Å². The molecule has 0 spiro atoms. The highest BCUT2D eigenvalue weighted by Gasteiger charge is 2.25. The molecule has 2 nitrogen and oxygen atoms in total. The highest BCUT2D eigenvalue weighted by atomic mass is 79.9. The lowest BCUT2D eigenvalue weighted by atomic mass is 9.95. The van der Waals surface area contributed by atoms with Crippen molar-refractivity contribution in [1.29, 1.82) is 0 Å². The van der Waals surface area contributed by atoms with E-state index >= 15 is 0 Å². The maximum atomic E-state index is 12.5. The Hall–Kier alpha value is -0.250. The molecular weight excluding hydrogens is 349 g/mol. The number of likely N-dealkylation sites (tertiary alicyclic amines) is 1. The van der Waals surface area contributed by atoms with Crippen LogP contribution in [0.25, 0.3) is 0 Å². The van der Waals surface area contributed by atoms with E-state index in [1.807, 2.05) is 11.0 Å². The number of carbonyl (C=O) groups excluding carboxylic acids is 1. The minimum absolute atomic E-state index is 0.0248. The third kappa shape index (κ3) is 3.87. The second kappa shape index (κ2) is 6.96. The Kier molecular flexibility index (Phi) is 5.55. The van der Waals surface area contributed by atoms with Crippen LogP contribution in [-0.4, -0.2) is 29.8 Å². The van der Waals surface area contributed by atoms with E-state index in [-0.39, 0.29) is 5.91 Å². The van der Waals surface area contributed by atoms with Crippen molar-refractivity contribution in [2.45, 2.75) is 19.3 Å². The molecule has 104 valence electrons. The monoisotopic (exact) mass is 363 g/mol. The average molecular weight is 365 g/mol. The first-order chi connectivity index (χ1) is 9.11. The Morgan fingerprint density at radius 2 is 2.26 bits per heavy atom. The van der Waals surface area contributed by atoms with Gasteiger partial charge in [-0.2, -0.15) is 0 Å². The molecule has 19 heavy (non-hydrogen) atoms. The third-order valence-corrected chi connectivity index (χ3v) is 4.51. The molecule has 1 aliphatic rings. The van der Waals surface area contributed by atoms with Crippen LogP contribution in [0.3, 0.4) is 0 Å². The van der Waals surface area contributed by atoms with Crippen LogP contribution in [-0.2, 0) is 0 Å². The number of benzene rings is 1. The summed E-state index contributed by atoms with van der Waals surface area (Å²) in [6.07, 6.45) is 3.17. The molecule has 1 aliphatic heterocycles. The van der Waals surface area contributed by atoms with Crippen LogP contribution in [0.15, 0.2) is 22.7 Å². The van der Waals surface area contributed by atoms with Gasteiger partial charge in [-0.1, -0.05) is 27.5 Å². The van der Waals surface area contributed by atoms with Gasteiger partial charge in [-0.25, -0.2) is 0 Å². The van der Waals surface area contributed by atoms with Crippen LogP contribution >= 0.6 is 39.1 Å². The van der Waals surface area contributed by atoms with Crippen molar-refractivity contribution in [1.82, 2.24) is 4.90 Å². The number of alkyl halides is 1. The minimum atomic E-state index is 0.0248. The van der Waals surface area contributed by atoms with E-state index in [0.29, 0.717) is 22.4 Å². The molecule has 1 amide bonds. The number of carbonyl (C=O) groups is 1. The Labute approximate surface area is 132 Å². The molecule has 1 atom stereocenters. The zero-order chi connectivity index (χ0) is 13.8. The molecule has 1 aromatic rings. The van der Waals surface area contributed by atoms with Crippen LogP contribution in [0, 0.1) is 5.92 Å². The van der Waals surface area contributed by atoms with Gasteiger partial charge in [0.2, 0.25) is 0 Å². The van der Waals surface area contributed by atoms with Crippen LogP contribution in [0.2, 0.25) is 5.02 Å². The van der Waals surface area contributed by atoms with Gasteiger partial charge in [0.1, 0.15) is 0 Å². The molecule has 1 saturated heterocycles. The number of rotatable bonds is 3. The van der Waals surface area contributed by atoms with Crippen LogP contribution in [0.4, 0.5) is 0 Å². The smallest absolute Gasteiger partial charge is 0.255 e. The quantitative estimate of drug-likeness (QED) is 0.718. The van der Waals surface area contributed by atoms with Crippen molar-refractivity contribution in [2.24, 2.45) is 5.92 Å². The van der Waals surface area contributed by atoms with Gasteiger partial charge in [0.15, 0.2) is 0 Å². The summed E-state index contributed by atoms with van der Waals surface area (Å²) in [4.78, 5) is 14.4. The van der Waals surface area contributed by atoms with Gasteiger partial charge in [0, 0.05) is 23.4 Å². The molecule has 0 radical (unpaired) electrons. The van der Waals surface area contributed by atoms with E-state index in [4.69, 9.17) is 23.2 Å². The zero-order valence-corrected chi connectivity index (χ0v) is 13.6. The summed E-state index contributed by atoms with van der Waals surface area (Å²) < 4.78 is 0.882. The van der Waals surface area contributed by atoms with Gasteiger partial charge in [-0.3, -0.25) is 4.79 Å². The predicted molar refractivity (Wildman–Crippen MR) is 83.1 cm³/mol. The lowest BCUT2D eigenvalue weighted by Gasteiger charge is -2.32. The molecule has 1 unspecified atom stereocenters. The molecule has 0 N–H and O–H groups in total. The normalized spacial score (nSPS) is 19.5. The summed E-state index contributed by atoms with van der Waals surface area (Å²) in [5.74, 6) is 1.20. The lowest BCUT2D eigenvalue weighted by Crippen LogP contribution is -2.40. The average Bonchev–Trinajstić information content (AvgIpc) is 2.39. The molecule has 1 fully saturated rings. The van der Waals surface area contributed by atoms with Crippen molar-refractivity contribution >= 4 is 45.0 Å². The van der Waals surface area contributed by atoms with E-state index in [2.05, 4.69) is 15.9 Å². The summed E-state index contributed by atoms with van der Waals surface area (Å²) in [5.41, 5.74) is 0.580. The standard InChI is InChI=1S/C14H16BrCl2NO/c15-11-3-4-12(13(17)8-11)14(19)18-7-1-2-10(9-18)5-6-16/h3-4,8,10H,1-2,5-7,9H2. The Morgan fingerprint density at radius 1 is 1.47 bits per heavy atom. The van der Waals surface area contributed by atoms with E-state index in [0.717, 1.165) is 36.8 Å². The maximum Gasteiger partial charge on any atom is 0.255 e. The molecule has 0 aromatic heterocycles. The number of amides is 1. The second-order valence-corrected chi connectivity index (χ2v) is 6.56. The fraction of sp³-hybridized carbons (Fsp3) is 0.500. The van der Waals surface area contributed by atoms with Gasteiger partial charge in [0.25, 0.3) is 5.91 Å². The van der Waals surface area contributed by atoms with Crippen molar-refractivity contribution in [3.8, 4) is 0 Å². The Bertz CT molecular complexity index is 465. The lowest BCUT2D eigenvalue weighted by molar-refractivity contribution is 0.0672. The van der Waals surface area contributed by atoms with Crippen LogP contribution < -0.4 is 0 Å². The van der Waals surface area contributed by atoms with Gasteiger partial charge in [0.05, 0.1) is 10.6 Å². The van der Waals surface area contributed by atoms with Gasteiger partial charge < -0.3 is 4.90 Å². The van der Waals surface area contributed by atoms with Crippen molar-refractivity contribution in [2.75, 3.05) is 19.0 Å². The maximum absolute atomic E-state index is 12.5. The summed E-state index contributed by atoms with van der Waals surface area (Å²) in [6, 6.07) is 5.38. The SMILES string of the molecule is O=C(c1ccc(Br)cc1Cl)N1CCCC(CCCl)C1. The van der Waals surface area contributed by atoms with Crippen LogP contribution in [0.5, 0.6) is 0 Å². The Morgan fingerprint density at radius 3 is 2.95 bits per heavy atom. The van der Waals surface area contributed by atoms with Crippen molar-refractivity contribution in [3.05, 3.63) is 33.3 Å². The topological polar surface area (TPSA) is 20.3 Å². The van der Waals surface area contributed by atoms with Crippen molar-refractivity contribution < 1.29 is 4.79 Å². The van der Waals surface area contributed by atoms with Crippen molar-refractivity contribution in [3.63, 3.8) is 0 Å². The summed E-state index contributed by atoms with van der Waals surface area (Å²) >= 11 is 15.3. The Balaban J connectivity index is 2.10. The molecule has 1 heterocycles. The van der Waals surface area contributed by atoms with E-state index in [1.165, 1.54) is 0 Å². The number of piperidine rings is 1. The van der Waals surface area contributed by atoms with Gasteiger partial charge in [-0.05, 0) is 43.4 Å². The van der Waals surface area contributed by atoms with E-state index in [9.17, 15) is 4.79 Å². The van der Waals surface area contributed by atoms with Gasteiger partial charge in [-0.15, -0.1) is 11.6 Å². The molecule has 1 aromatic carbocycles. The first kappa shape index (κ1) is 15.1. The molecular formula is C14H16BrCl2NO.